The van der Waals surface area contributed by atoms with Crippen LogP contribution in [0.5, 0.6) is 5.75 Å². The van der Waals surface area contributed by atoms with Crippen LogP contribution in [-0.4, -0.2) is 27.6 Å². The predicted octanol–water partition coefficient (Wildman–Crippen LogP) is 3.66. The summed E-state index contributed by atoms with van der Waals surface area (Å²) in [4.78, 5) is 11.6. The molecule has 8 heteroatoms. The molecule has 1 heterocycles. The SMILES string of the molecule is COC(=O)c1sccc1S(=O)(=O)Nc1ccc(OC2CCCC2)cc1. The lowest BCUT2D eigenvalue weighted by Crippen LogP contribution is -2.16. The van der Waals surface area contributed by atoms with E-state index in [0.717, 1.165) is 29.9 Å². The fourth-order valence-corrected chi connectivity index (χ4v) is 5.16. The molecular formula is C17H19NO5S2. The Hall–Kier alpha value is -2.06. The van der Waals surface area contributed by atoms with Gasteiger partial charge in [-0.1, -0.05) is 0 Å². The highest BCUT2D eigenvalue weighted by Crippen LogP contribution is 2.27. The molecule has 1 fully saturated rings. The fourth-order valence-electron chi connectivity index (χ4n) is 2.76. The van der Waals surface area contributed by atoms with Gasteiger partial charge in [0.15, 0.2) is 0 Å². The minimum Gasteiger partial charge on any atom is -0.490 e. The summed E-state index contributed by atoms with van der Waals surface area (Å²) in [5.41, 5.74) is 0.404. The van der Waals surface area contributed by atoms with Crippen molar-refractivity contribution >= 4 is 33.0 Å². The van der Waals surface area contributed by atoms with E-state index in [9.17, 15) is 13.2 Å². The predicted molar refractivity (Wildman–Crippen MR) is 95.8 cm³/mol. The van der Waals surface area contributed by atoms with Gasteiger partial charge in [-0.3, -0.25) is 4.72 Å². The van der Waals surface area contributed by atoms with Crippen molar-refractivity contribution in [2.45, 2.75) is 36.7 Å². The molecule has 0 aliphatic heterocycles. The van der Waals surface area contributed by atoms with Gasteiger partial charge >= 0.3 is 5.97 Å². The van der Waals surface area contributed by atoms with Crippen molar-refractivity contribution in [1.82, 2.24) is 0 Å². The first-order chi connectivity index (χ1) is 12.0. The maximum atomic E-state index is 12.5. The van der Waals surface area contributed by atoms with E-state index in [0.29, 0.717) is 5.69 Å². The third-order valence-electron chi connectivity index (χ3n) is 4.00. The molecule has 0 unspecified atom stereocenters. The Kier molecular flexibility index (Phi) is 5.29. The van der Waals surface area contributed by atoms with Crippen molar-refractivity contribution in [3.05, 3.63) is 40.6 Å². The molecule has 0 spiro atoms. The first-order valence-electron chi connectivity index (χ1n) is 7.95. The zero-order chi connectivity index (χ0) is 17.9. The number of esters is 1. The second kappa shape index (κ2) is 7.45. The molecule has 3 rings (SSSR count). The van der Waals surface area contributed by atoms with E-state index in [1.165, 1.54) is 26.0 Å². The molecule has 1 saturated carbocycles. The van der Waals surface area contributed by atoms with Gasteiger partial charge in [0, 0.05) is 5.69 Å². The molecule has 0 saturated heterocycles. The van der Waals surface area contributed by atoms with Gasteiger partial charge in [-0.25, -0.2) is 13.2 Å². The van der Waals surface area contributed by atoms with Crippen LogP contribution >= 0.6 is 11.3 Å². The van der Waals surface area contributed by atoms with Crippen LogP contribution in [0.15, 0.2) is 40.6 Å². The standard InChI is InChI=1S/C17H19NO5S2/c1-22-17(19)16-15(10-11-24-16)25(20,21)18-12-6-8-14(9-7-12)23-13-4-2-3-5-13/h6-11,13,18H,2-5H2,1H3. The molecule has 1 aliphatic carbocycles. The van der Waals surface area contributed by atoms with Gasteiger partial charge in [0.05, 0.1) is 13.2 Å². The minimum atomic E-state index is -3.87. The molecule has 1 aromatic heterocycles. The number of ether oxygens (including phenoxy) is 2. The highest BCUT2D eigenvalue weighted by atomic mass is 32.2. The molecule has 134 valence electrons. The van der Waals surface area contributed by atoms with E-state index in [2.05, 4.69) is 9.46 Å². The van der Waals surface area contributed by atoms with E-state index in [4.69, 9.17) is 4.74 Å². The fraction of sp³-hybridized carbons (Fsp3) is 0.353. The number of carbonyl (C=O) groups excluding carboxylic acids is 1. The summed E-state index contributed by atoms with van der Waals surface area (Å²) in [6, 6.07) is 8.16. The van der Waals surface area contributed by atoms with Gasteiger partial charge < -0.3 is 9.47 Å². The summed E-state index contributed by atoms with van der Waals surface area (Å²) in [5.74, 6) is 0.0521. The average Bonchev–Trinajstić information content (AvgIpc) is 3.27. The zero-order valence-electron chi connectivity index (χ0n) is 13.7. The van der Waals surface area contributed by atoms with Gasteiger partial charge in [-0.05, 0) is 61.4 Å². The lowest BCUT2D eigenvalue weighted by atomic mass is 10.3. The number of methoxy groups -OCH3 is 1. The lowest BCUT2D eigenvalue weighted by Gasteiger charge is -2.14. The molecule has 2 aromatic rings. The number of hydrogen-bond donors (Lipinski definition) is 1. The molecule has 0 amide bonds. The van der Waals surface area contributed by atoms with E-state index >= 15 is 0 Å². The molecule has 0 radical (unpaired) electrons. The lowest BCUT2D eigenvalue weighted by molar-refractivity contribution is 0.0602. The first-order valence-corrected chi connectivity index (χ1v) is 10.3. The van der Waals surface area contributed by atoms with Crippen molar-refractivity contribution in [2.24, 2.45) is 0 Å². The Bertz CT molecular complexity index is 836. The number of benzene rings is 1. The maximum Gasteiger partial charge on any atom is 0.349 e. The van der Waals surface area contributed by atoms with Crippen LogP contribution in [0.25, 0.3) is 0 Å². The molecule has 1 aliphatic rings. The van der Waals surface area contributed by atoms with Crippen LogP contribution in [0.2, 0.25) is 0 Å². The highest BCUT2D eigenvalue weighted by molar-refractivity contribution is 7.93. The number of sulfonamides is 1. The molecule has 6 nitrogen and oxygen atoms in total. The van der Waals surface area contributed by atoms with Gasteiger partial charge in [0.25, 0.3) is 10.0 Å². The van der Waals surface area contributed by atoms with Crippen LogP contribution < -0.4 is 9.46 Å². The van der Waals surface area contributed by atoms with Crippen LogP contribution in [0.3, 0.4) is 0 Å². The van der Waals surface area contributed by atoms with Crippen molar-refractivity contribution in [3.8, 4) is 5.75 Å². The number of thiophene rings is 1. The molecule has 1 N–H and O–H groups in total. The highest BCUT2D eigenvalue weighted by Gasteiger charge is 2.24. The molecule has 0 bridgehead atoms. The minimum absolute atomic E-state index is 0.0520. The maximum absolute atomic E-state index is 12.5. The molecule has 25 heavy (non-hydrogen) atoms. The summed E-state index contributed by atoms with van der Waals surface area (Å²) >= 11 is 1.03. The summed E-state index contributed by atoms with van der Waals surface area (Å²) in [7, 11) is -2.66. The van der Waals surface area contributed by atoms with Gasteiger partial charge in [-0.2, -0.15) is 0 Å². The van der Waals surface area contributed by atoms with Crippen molar-refractivity contribution in [1.29, 1.82) is 0 Å². The quantitative estimate of drug-likeness (QED) is 0.772. The second-order valence-corrected chi connectivity index (χ2v) is 8.33. The number of anilines is 1. The number of hydrogen-bond acceptors (Lipinski definition) is 6. The van der Waals surface area contributed by atoms with Gasteiger partial charge in [0.2, 0.25) is 0 Å². The summed E-state index contributed by atoms with van der Waals surface area (Å²) in [6.07, 6.45) is 4.74. The Morgan fingerprint density at radius 2 is 1.84 bits per heavy atom. The van der Waals surface area contributed by atoms with Crippen LogP contribution in [0, 0.1) is 0 Å². The van der Waals surface area contributed by atoms with Crippen LogP contribution in [0.4, 0.5) is 5.69 Å². The first kappa shape index (κ1) is 17.8. The van der Waals surface area contributed by atoms with E-state index in [1.807, 2.05) is 0 Å². The van der Waals surface area contributed by atoms with Crippen molar-refractivity contribution < 1.29 is 22.7 Å². The molecule has 0 atom stereocenters. The Balaban J connectivity index is 1.72. The van der Waals surface area contributed by atoms with Gasteiger partial charge in [-0.15, -0.1) is 11.3 Å². The Labute approximate surface area is 150 Å². The summed E-state index contributed by atoms with van der Waals surface area (Å²) in [6.45, 7) is 0. The van der Waals surface area contributed by atoms with Crippen LogP contribution in [0.1, 0.15) is 35.4 Å². The van der Waals surface area contributed by atoms with Crippen molar-refractivity contribution in [2.75, 3.05) is 11.8 Å². The molecular weight excluding hydrogens is 362 g/mol. The van der Waals surface area contributed by atoms with Crippen molar-refractivity contribution in [3.63, 3.8) is 0 Å². The largest absolute Gasteiger partial charge is 0.490 e. The second-order valence-electron chi connectivity index (χ2n) is 5.76. The number of carbonyl (C=O) groups is 1. The number of nitrogens with one attached hydrogen (secondary N) is 1. The molecule has 1 aromatic carbocycles. The summed E-state index contributed by atoms with van der Waals surface area (Å²) in [5, 5.41) is 1.54. The topological polar surface area (TPSA) is 81.7 Å². The summed E-state index contributed by atoms with van der Waals surface area (Å²) < 4.78 is 38.0. The smallest absolute Gasteiger partial charge is 0.349 e. The van der Waals surface area contributed by atoms with E-state index in [1.54, 1.807) is 29.6 Å². The zero-order valence-corrected chi connectivity index (χ0v) is 15.4. The Morgan fingerprint density at radius 3 is 2.48 bits per heavy atom. The van der Waals surface area contributed by atoms with E-state index < -0.39 is 16.0 Å². The van der Waals surface area contributed by atoms with Crippen LogP contribution in [-0.2, 0) is 14.8 Å². The monoisotopic (exact) mass is 381 g/mol. The van der Waals surface area contributed by atoms with E-state index in [-0.39, 0.29) is 15.9 Å². The average molecular weight is 381 g/mol. The Morgan fingerprint density at radius 1 is 1.16 bits per heavy atom. The third-order valence-corrected chi connectivity index (χ3v) is 6.45. The normalized spacial score (nSPS) is 15.1. The third kappa shape index (κ3) is 4.13. The number of rotatable bonds is 6. The van der Waals surface area contributed by atoms with Gasteiger partial charge in [0.1, 0.15) is 15.5 Å².